The molecule has 13 aromatic rings. The fourth-order valence-corrected chi connectivity index (χ4v) is 10.4. The van der Waals surface area contributed by atoms with Crippen LogP contribution < -0.4 is 4.90 Å². The second kappa shape index (κ2) is 16.9. The highest BCUT2D eigenvalue weighted by atomic mass is 15.1. The van der Waals surface area contributed by atoms with Gasteiger partial charge in [0.05, 0.1) is 22.1 Å². The third kappa shape index (κ3) is 7.16. The van der Waals surface area contributed by atoms with Crippen LogP contribution in [0.3, 0.4) is 0 Å². The van der Waals surface area contributed by atoms with Crippen LogP contribution in [0, 0.1) is 0 Å². The van der Waals surface area contributed by atoms with E-state index >= 15 is 0 Å². The predicted molar refractivity (Wildman–Crippen MR) is 292 cm³/mol. The monoisotopic (exact) mass is 879 g/mol. The van der Waals surface area contributed by atoms with Crippen molar-refractivity contribution in [3.63, 3.8) is 0 Å². The summed E-state index contributed by atoms with van der Waals surface area (Å²) in [6.07, 6.45) is 0. The Morgan fingerprint density at radius 1 is 0.203 bits per heavy atom. The normalized spacial score (nSPS) is 11.5. The minimum absolute atomic E-state index is 1.08. The molecule has 13 rings (SSSR count). The standard InChI is InChI=1S/C66H45N3/c1-4-16-46(17-5-1)51-42-52(47-18-6-2-7-19-47)44-53(43-51)50-32-36-56(37-33-50)67(58-40-41-62-61-24-12-15-27-65(61)69(66(62)45-58)54-20-8-3-9-21-54)55-34-28-48(29-35-55)49-30-38-57(39-31-49)68-63-25-13-10-22-59(63)60-23-11-14-26-64(60)68/h1-45H. The summed E-state index contributed by atoms with van der Waals surface area (Å²) in [4.78, 5) is 2.39. The smallest absolute Gasteiger partial charge is 0.0561 e. The van der Waals surface area contributed by atoms with Crippen LogP contribution in [0.25, 0.3) is 99.5 Å². The summed E-state index contributed by atoms with van der Waals surface area (Å²) < 4.78 is 4.77. The molecule has 0 aliphatic carbocycles. The van der Waals surface area contributed by atoms with Gasteiger partial charge in [-0.1, -0.05) is 176 Å². The Morgan fingerprint density at radius 3 is 0.986 bits per heavy atom. The van der Waals surface area contributed by atoms with Crippen molar-refractivity contribution in [2.45, 2.75) is 0 Å². The molecule has 0 radical (unpaired) electrons. The van der Waals surface area contributed by atoms with Gasteiger partial charge >= 0.3 is 0 Å². The molecule has 0 saturated carbocycles. The van der Waals surface area contributed by atoms with Crippen LogP contribution in [0.4, 0.5) is 17.1 Å². The Morgan fingerprint density at radius 2 is 0.522 bits per heavy atom. The molecule has 0 bridgehead atoms. The highest BCUT2D eigenvalue weighted by Gasteiger charge is 2.19. The van der Waals surface area contributed by atoms with E-state index in [2.05, 4.69) is 287 Å². The number of hydrogen-bond donors (Lipinski definition) is 0. The van der Waals surface area contributed by atoms with Crippen LogP contribution in [-0.2, 0) is 0 Å². The number of anilines is 3. The number of aromatic nitrogens is 2. The van der Waals surface area contributed by atoms with Gasteiger partial charge in [0.2, 0.25) is 0 Å². The summed E-state index contributed by atoms with van der Waals surface area (Å²) in [6, 6.07) is 99.1. The van der Waals surface area contributed by atoms with E-state index in [0.29, 0.717) is 0 Å². The Labute approximate surface area is 401 Å². The van der Waals surface area contributed by atoms with E-state index in [4.69, 9.17) is 0 Å². The van der Waals surface area contributed by atoms with E-state index in [1.807, 2.05) is 0 Å². The number of nitrogens with zero attached hydrogens (tertiary/aromatic N) is 3. The first kappa shape index (κ1) is 40.1. The zero-order chi connectivity index (χ0) is 45.7. The van der Waals surface area contributed by atoms with Crippen LogP contribution in [-0.4, -0.2) is 9.13 Å². The van der Waals surface area contributed by atoms with Crippen molar-refractivity contribution in [3.05, 3.63) is 273 Å². The molecule has 0 saturated heterocycles. The quantitative estimate of drug-likeness (QED) is 0.141. The fraction of sp³-hybridized carbons (Fsp3) is 0. The minimum Gasteiger partial charge on any atom is -0.310 e. The van der Waals surface area contributed by atoms with Crippen molar-refractivity contribution in [3.8, 4) is 55.9 Å². The number of benzene rings is 11. The van der Waals surface area contributed by atoms with Crippen molar-refractivity contribution in [2.24, 2.45) is 0 Å². The van der Waals surface area contributed by atoms with E-state index in [0.717, 1.165) is 45.1 Å². The summed E-state index contributed by atoms with van der Waals surface area (Å²) in [5.41, 5.74) is 19.7. The van der Waals surface area contributed by atoms with Crippen molar-refractivity contribution < 1.29 is 0 Å². The predicted octanol–water partition coefficient (Wildman–Crippen LogP) is 18.0. The molecule has 2 heterocycles. The lowest BCUT2D eigenvalue weighted by atomic mass is 9.93. The number of para-hydroxylation sites is 4. The molecule has 11 aromatic carbocycles. The molecule has 3 heteroatoms. The number of hydrogen-bond acceptors (Lipinski definition) is 1. The highest BCUT2D eigenvalue weighted by molar-refractivity contribution is 6.11. The maximum absolute atomic E-state index is 2.39. The molecule has 0 spiro atoms. The van der Waals surface area contributed by atoms with Crippen molar-refractivity contribution in [2.75, 3.05) is 4.90 Å². The molecule has 0 aliphatic rings. The Hall–Kier alpha value is -9.18. The van der Waals surface area contributed by atoms with Gasteiger partial charge in [-0.2, -0.15) is 0 Å². The van der Waals surface area contributed by atoms with Crippen LogP contribution in [0.5, 0.6) is 0 Å². The molecule has 0 unspecified atom stereocenters. The van der Waals surface area contributed by atoms with Gasteiger partial charge < -0.3 is 14.0 Å². The lowest BCUT2D eigenvalue weighted by Gasteiger charge is -2.26. The Kier molecular flexibility index (Phi) is 9.84. The average molecular weight is 880 g/mol. The second-order valence-corrected chi connectivity index (χ2v) is 17.8. The molecule has 69 heavy (non-hydrogen) atoms. The first-order valence-corrected chi connectivity index (χ1v) is 23.7. The van der Waals surface area contributed by atoms with E-state index in [-0.39, 0.29) is 0 Å². The lowest BCUT2D eigenvalue weighted by Crippen LogP contribution is -2.10. The van der Waals surface area contributed by atoms with Gasteiger partial charge in [0.15, 0.2) is 0 Å². The highest BCUT2D eigenvalue weighted by Crippen LogP contribution is 2.42. The summed E-state index contributed by atoms with van der Waals surface area (Å²) in [5, 5.41) is 4.99. The molecule has 3 nitrogen and oxygen atoms in total. The summed E-state index contributed by atoms with van der Waals surface area (Å²) >= 11 is 0. The number of fused-ring (bicyclic) bond motifs is 6. The van der Waals surface area contributed by atoms with Gasteiger partial charge in [-0.3, -0.25) is 0 Å². The van der Waals surface area contributed by atoms with Gasteiger partial charge in [0, 0.05) is 50.0 Å². The summed E-state index contributed by atoms with van der Waals surface area (Å²) in [6.45, 7) is 0. The van der Waals surface area contributed by atoms with Gasteiger partial charge in [0.25, 0.3) is 0 Å². The van der Waals surface area contributed by atoms with Crippen LogP contribution >= 0.6 is 0 Å². The molecule has 0 aliphatic heterocycles. The average Bonchev–Trinajstić information content (AvgIpc) is 3.95. The maximum Gasteiger partial charge on any atom is 0.0561 e. The third-order valence-corrected chi connectivity index (χ3v) is 13.7. The van der Waals surface area contributed by atoms with Crippen LogP contribution in [0.15, 0.2) is 273 Å². The van der Waals surface area contributed by atoms with Crippen molar-refractivity contribution in [1.82, 2.24) is 9.13 Å². The van der Waals surface area contributed by atoms with Crippen molar-refractivity contribution >= 4 is 60.7 Å². The molecule has 0 N–H and O–H groups in total. The molecule has 0 amide bonds. The molecular weight excluding hydrogens is 835 g/mol. The van der Waals surface area contributed by atoms with Gasteiger partial charge in [0.1, 0.15) is 0 Å². The van der Waals surface area contributed by atoms with Gasteiger partial charge in [-0.15, -0.1) is 0 Å². The molecule has 324 valence electrons. The summed E-state index contributed by atoms with van der Waals surface area (Å²) in [7, 11) is 0. The zero-order valence-corrected chi connectivity index (χ0v) is 37.8. The molecule has 0 atom stereocenters. The second-order valence-electron chi connectivity index (χ2n) is 17.8. The van der Waals surface area contributed by atoms with E-state index < -0.39 is 0 Å². The SMILES string of the molecule is c1ccc(-c2cc(-c3ccccc3)cc(-c3ccc(N(c4ccc(-c5ccc(-n6c7ccccc7c7ccccc76)cc5)cc4)c4ccc5c6ccccc6n(-c6ccccc6)c5c4)cc3)c2)cc1. The number of rotatable bonds is 9. The van der Waals surface area contributed by atoms with E-state index in [1.54, 1.807) is 0 Å². The Bertz CT molecular complexity index is 3850. The maximum atomic E-state index is 2.39. The summed E-state index contributed by atoms with van der Waals surface area (Å²) in [5.74, 6) is 0. The lowest BCUT2D eigenvalue weighted by molar-refractivity contribution is 1.18. The van der Waals surface area contributed by atoms with Gasteiger partial charge in [-0.05, 0) is 142 Å². The van der Waals surface area contributed by atoms with E-state index in [9.17, 15) is 0 Å². The van der Waals surface area contributed by atoms with Crippen molar-refractivity contribution in [1.29, 1.82) is 0 Å². The van der Waals surface area contributed by atoms with Crippen LogP contribution in [0.2, 0.25) is 0 Å². The largest absolute Gasteiger partial charge is 0.310 e. The first-order chi connectivity index (χ1) is 34.2. The zero-order valence-electron chi connectivity index (χ0n) is 37.8. The minimum atomic E-state index is 1.08. The molecule has 2 aromatic heterocycles. The third-order valence-electron chi connectivity index (χ3n) is 13.7. The van der Waals surface area contributed by atoms with Gasteiger partial charge in [-0.25, -0.2) is 0 Å². The van der Waals surface area contributed by atoms with Crippen LogP contribution in [0.1, 0.15) is 0 Å². The first-order valence-electron chi connectivity index (χ1n) is 23.7. The molecule has 0 fully saturated rings. The Balaban J connectivity index is 0.913. The topological polar surface area (TPSA) is 13.1 Å². The fourth-order valence-electron chi connectivity index (χ4n) is 10.4. The van der Waals surface area contributed by atoms with E-state index in [1.165, 1.54) is 71.5 Å². The molecular formula is C66H45N3.